The number of rotatable bonds is 7. The topological polar surface area (TPSA) is 35.4 Å². The van der Waals surface area contributed by atoms with Crippen LogP contribution in [0.3, 0.4) is 0 Å². The number of ether oxygens (including phenoxy) is 2. The van der Waals surface area contributed by atoms with Gasteiger partial charge in [-0.1, -0.05) is 6.07 Å². The summed E-state index contributed by atoms with van der Waals surface area (Å²) >= 11 is 1.21. The number of aromatic nitrogens is 1. The standard InChI is InChI=1S/C20H19F3N2O2S/c1-24-10-12-11-25(28-14-6-4-5-13(9-14)26-2)19(20(12)27-3)17-15(21)7-8-16(22)18(17)23/h4-9,11,24H,10H2,1-3H3. The van der Waals surface area contributed by atoms with Gasteiger partial charge in [-0.15, -0.1) is 0 Å². The lowest BCUT2D eigenvalue weighted by Crippen LogP contribution is -2.05. The van der Waals surface area contributed by atoms with Crippen LogP contribution in [0.4, 0.5) is 13.2 Å². The minimum Gasteiger partial charge on any atom is -0.497 e. The van der Waals surface area contributed by atoms with E-state index in [0.717, 1.165) is 17.0 Å². The van der Waals surface area contributed by atoms with Gasteiger partial charge in [-0.2, -0.15) is 0 Å². The largest absolute Gasteiger partial charge is 0.497 e. The third-order valence-electron chi connectivity index (χ3n) is 4.10. The maximum atomic E-state index is 14.6. The van der Waals surface area contributed by atoms with Gasteiger partial charge in [-0.05, 0) is 49.3 Å². The van der Waals surface area contributed by atoms with Crippen molar-refractivity contribution < 1.29 is 22.6 Å². The van der Waals surface area contributed by atoms with E-state index in [4.69, 9.17) is 9.47 Å². The fourth-order valence-corrected chi connectivity index (χ4v) is 3.85. The number of hydrogen-bond acceptors (Lipinski definition) is 4. The molecule has 0 atom stereocenters. The lowest BCUT2D eigenvalue weighted by Gasteiger charge is -2.13. The molecule has 0 unspecified atom stereocenters. The third-order valence-corrected chi connectivity index (χ3v) is 5.05. The molecule has 0 bridgehead atoms. The Morgan fingerprint density at radius 3 is 2.46 bits per heavy atom. The number of halogens is 3. The first-order valence-corrected chi connectivity index (χ1v) is 9.16. The number of nitrogens with one attached hydrogen (secondary N) is 1. The summed E-state index contributed by atoms with van der Waals surface area (Å²) in [5.74, 6) is -2.36. The van der Waals surface area contributed by atoms with Gasteiger partial charge in [0.25, 0.3) is 0 Å². The van der Waals surface area contributed by atoms with Gasteiger partial charge in [0.05, 0.1) is 19.8 Å². The van der Waals surface area contributed by atoms with Crippen LogP contribution in [0.1, 0.15) is 5.56 Å². The molecule has 148 valence electrons. The van der Waals surface area contributed by atoms with E-state index in [1.807, 2.05) is 6.07 Å². The van der Waals surface area contributed by atoms with Crippen molar-refractivity contribution in [2.24, 2.45) is 0 Å². The zero-order valence-corrected chi connectivity index (χ0v) is 16.4. The quantitative estimate of drug-likeness (QED) is 0.566. The van der Waals surface area contributed by atoms with Gasteiger partial charge in [0.15, 0.2) is 11.6 Å². The monoisotopic (exact) mass is 408 g/mol. The fraction of sp³-hybridized carbons (Fsp3) is 0.200. The van der Waals surface area contributed by atoms with E-state index in [9.17, 15) is 13.2 Å². The first kappa shape index (κ1) is 20.2. The Morgan fingerprint density at radius 1 is 1.04 bits per heavy atom. The molecular weight excluding hydrogens is 389 g/mol. The minimum absolute atomic E-state index is 0.107. The lowest BCUT2D eigenvalue weighted by atomic mass is 10.1. The molecule has 0 saturated carbocycles. The molecule has 0 radical (unpaired) electrons. The summed E-state index contributed by atoms with van der Waals surface area (Å²) in [5, 5.41) is 2.99. The molecule has 0 spiro atoms. The van der Waals surface area contributed by atoms with Crippen molar-refractivity contribution >= 4 is 11.9 Å². The predicted molar refractivity (Wildman–Crippen MR) is 103 cm³/mol. The maximum Gasteiger partial charge on any atom is 0.171 e. The van der Waals surface area contributed by atoms with Crippen LogP contribution >= 0.6 is 11.9 Å². The van der Waals surface area contributed by atoms with Gasteiger partial charge in [-0.25, -0.2) is 13.2 Å². The maximum absolute atomic E-state index is 14.6. The van der Waals surface area contributed by atoms with E-state index >= 15 is 0 Å². The number of benzene rings is 2. The first-order valence-electron chi connectivity index (χ1n) is 8.39. The van der Waals surface area contributed by atoms with Gasteiger partial charge in [-0.3, -0.25) is 3.97 Å². The second kappa shape index (κ2) is 8.62. The molecule has 4 nitrogen and oxygen atoms in total. The highest BCUT2D eigenvalue weighted by Gasteiger charge is 2.26. The highest BCUT2D eigenvalue weighted by atomic mass is 32.2. The lowest BCUT2D eigenvalue weighted by molar-refractivity contribution is 0.410. The molecule has 8 heteroatoms. The number of methoxy groups -OCH3 is 2. The summed E-state index contributed by atoms with van der Waals surface area (Å²) < 4.78 is 55.2. The molecule has 0 fully saturated rings. The van der Waals surface area contributed by atoms with E-state index < -0.39 is 23.0 Å². The molecule has 0 amide bonds. The van der Waals surface area contributed by atoms with E-state index in [-0.39, 0.29) is 11.4 Å². The molecule has 0 saturated heterocycles. The van der Waals surface area contributed by atoms with E-state index in [1.54, 1.807) is 42.5 Å². The Labute approximate surface area is 165 Å². The van der Waals surface area contributed by atoms with Crippen molar-refractivity contribution in [2.45, 2.75) is 11.4 Å². The van der Waals surface area contributed by atoms with E-state index in [1.165, 1.54) is 19.1 Å². The summed E-state index contributed by atoms with van der Waals surface area (Å²) in [6.07, 6.45) is 1.71. The number of hydrogen-bond donors (Lipinski definition) is 1. The Kier molecular flexibility index (Phi) is 6.21. The third kappa shape index (κ3) is 3.83. The van der Waals surface area contributed by atoms with Gasteiger partial charge in [0.1, 0.15) is 23.0 Å². The van der Waals surface area contributed by atoms with Crippen LogP contribution in [0.5, 0.6) is 11.5 Å². The zero-order valence-electron chi connectivity index (χ0n) is 15.6. The van der Waals surface area contributed by atoms with Crippen molar-refractivity contribution in [3.8, 4) is 22.8 Å². The van der Waals surface area contributed by atoms with Crippen molar-refractivity contribution in [2.75, 3.05) is 21.3 Å². The Balaban J connectivity index is 2.21. The van der Waals surface area contributed by atoms with Crippen LogP contribution in [0, 0.1) is 17.5 Å². The van der Waals surface area contributed by atoms with Crippen LogP contribution in [-0.2, 0) is 6.54 Å². The summed E-state index contributed by atoms with van der Waals surface area (Å²) in [6, 6.07) is 8.88. The highest BCUT2D eigenvalue weighted by Crippen LogP contribution is 2.42. The molecule has 3 aromatic rings. The van der Waals surface area contributed by atoms with Crippen molar-refractivity contribution in [1.82, 2.24) is 9.29 Å². The molecule has 0 aliphatic heterocycles. The van der Waals surface area contributed by atoms with E-state index in [2.05, 4.69) is 5.32 Å². The normalized spacial score (nSPS) is 10.9. The summed E-state index contributed by atoms with van der Waals surface area (Å²) in [5.41, 5.74) is 0.308. The molecule has 1 N–H and O–H groups in total. The SMILES string of the molecule is CNCc1cn(Sc2cccc(OC)c2)c(-c2c(F)ccc(F)c2F)c1OC. The molecule has 0 aliphatic carbocycles. The van der Waals surface area contributed by atoms with E-state index in [0.29, 0.717) is 17.9 Å². The first-order chi connectivity index (χ1) is 13.5. The minimum atomic E-state index is -1.26. The van der Waals surface area contributed by atoms with Crippen molar-refractivity contribution in [3.63, 3.8) is 0 Å². The fourth-order valence-electron chi connectivity index (χ4n) is 2.87. The average Bonchev–Trinajstić information content (AvgIpc) is 3.02. The van der Waals surface area contributed by atoms with Crippen molar-refractivity contribution in [3.05, 3.63) is 65.6 Å². The molecule has 1 heterocycles. The predicted octanol–water partition coefficient (Wildman–Crippen LogP) is 4.86. The Bertz CT molecular complexity index is 992. The van der Waals surface area contributed by atoms with Gasteiger partial charge < -0.3 is 14.8 Å². The summed E-state index contributed by atoms with van der Waals surface area (Å²) in [4.78, 5) is 0.770. The summed E-state index contributed by atoms with van der Waals surface area (Å²) in [6.45, 7) is 0.403. The molecule has 0 aliphatic rings. The van der Waals surface area contributed by atoms with Gasteiger partial charge in [0.2, 0.25) is 0 Å². The van der Waals surface area contributed by atoms with Gasteiger partial charge in [0, 0.05) is 23.2 Å². The smallest absolute Gasteiger partial charge is 0.171 e. The molecular formula is C20H19F3N2O2S. The Morgan fingerprint density at radius 2 is 1.79 bits per heavy atom. The average molecular weight is 408 g/mol. The van der Waals surface area contributed by atoms with Gasteiger partial charge >= 0.3 is 0 Å². The zero-order chi connectivity index (χ0) is 20.3. The number of nitrogens with zero attached hydrogens (tertiary/aromatic N) is 1. The summed E-state index contributed by atoms with van der Waals surface area (Å²) in [7, 11) is 4.71. The van der Waals surface area contributed by atoms with Crippen LogP contribution in [0.15, 0.2) is 47.5 Å². The molecule has 28 heavy (non-hydrogen) atoms. The van der Waals surface area contributed by atoms with Crippen LogP contribution in [0.25, 0.3) is 11.3 Å². The molecule has 2 aromatic carbocycles. The van der Waals surface area contributed by atoms with Crippen LogP contribution in [-0.4, -0.2) is 25.2 Å². The second-order valence-corrected chi connectivity index (χ2v) is 6.93. The molecule has 3 rings (SSSR count). The Hall–Kier alpha value is -2.58. The van der Waals surface area contributed by atoms with Crippen molar-refractivity contribution in [1.29, 1.82) is 0 Å². The molecule has 1 aromatic heterocycles. The second-order valence-electron chi connectivity index (χ2n) is 5.88. The van der Waals surface area contributed by atoms with Crippen LogP contribution < -0.4 is 14.8 Å². The van der Waals surface area contributed by atoms with Crippen LogP contribution in [0.2, 0.25) is 0 Å². The highest BCUT2D eigenvalue weighted by molar-refractivity contribution is 7.98.